The van der Waals surface area contributed by atoms with Gasteiger partial charge in [-0.1, -0.05) is 17.7 Å². The van der Waals surface area contributed by atoms with Crippen molar-refractivity contribution in [3.63, 3.8) is 0 Å². The highest BCUT2D eigenvalue weighted by molar-refractivity contribution is 6.30. The first kappa shape index (κ1) is 17.0. The zero-order valence-electron chi connectivity index (χ0n) is 14.7. The highest BCUT2D eigenvalue weighted by atomic mass is 35.5. The molecule has 1 aromatic carbocycles. The molecule has 2 heterocycles. The average Bonchev–Trinajstić information content (AvgIpc) is 3.13. The molecule has 26 heavy (non-hydrogen) atoms. The van der Waals surface area contributed by atoms with E-state index in [1.807, 2.05) is 36.4 Å². The molecule has 0 N–H and O–H groups in total. The first-order chi connectivity index (χ1) is 12.7. The Morgan fingerprint density at radius 1 is 1.12 bits per heavy atom. The lowest BCUT2D eigenvalue weighted by Gasteiger charge is -2.28. The maximum atomic E-state index is 6.09. The number of pyridine rings is 1. The quantitative estimate of drug-likeness (QED) is 0.668. The molecule has 0 amide bonds. The zero-order chi connectivity index (χ0) is 17.9. The fourth-order valence-electron chi connectivity index (χ4n) is 3.62. The largest absolute Gasteiger partial charge is 0.474 e. The molecule has 0 aliphatic heterocycles. The second-order valence-electron chi connectivity index (χ2n) is 6.75. The fourth-order valence-corrected chi connectivity index (χ4v) is 3.85. The molecule has 0 atom stereocenters. The van der Waals surface area contributed by atoms with E-state index >= 15 is 0 Å². The van der Waals surface area contributed by atoms with Gasteiger partial charge in [-0.05, 0) is 62.4 Å². The predicted molar refractivity (Wildman–Crippen MR) is 101 cm³/mol. The Hall–Kier alpha value is -2.40. The van der Waals surface area contributed by atoms with Gasteiger partial charge in [0.15, 0.2) is 0 Å². The van der Waals surface area contributed by atoms with Gasteiger partial charge in [-0.25, -0.2) is 4.98 Å². The number of aryl methyl sites for hydroxylation is 1. The number of benzene rings is 1. The van der Waals surface area contributed by atoms with Crippen LogP contribution in [0.5, 0.6) is 5.88 Å². The third-order valence-corrected chi connectivity index (χ3v) is 5.19. The second kappa shape index (κ2) is 7.46. The minimum absolute atomic E-state index is 0.217. The smallest absolute Gasteiger partial charge is 0.213 e. The number of rotatable bonds is 4. The topological polar surface area (TPSA) is 52.8 Å². The molecule has 0 saturated heterocycles. The molecule has 1 aliphatic rings. The van der Waals surface area contributed by atoms with Crippen molar-refractivity contribution in [2.75, 3.05) is 0 Å². The number of hydrogen-bond donors (Lipinski definition) is 0. The SMILES string of the molecule is Cc1cc(Cl)ccc1-n1cnnc1C1CCC(Oc2ccccn2)CC1. The van der Waals surface area contributed by atoms with E-state index in [1.54, 1.807) is 12.5 Å². The predicted octanol–water partition coefficient (Wildman–Crippen LogP) is 4.73. The number of nitrogens with zero attached hydrogens (tertiary/aromatic N) is 4. The lowest BCUT2D eigenvalue weighted by molar-refractivity contribution is 0.139. The summed E-state index contributed by atoms with van der Waals surface area (Å²) in [7, 11) is 0. The summed E-state index contributed by atoms with van der Waals surface area (Å²) in [5.41, 5.74) is 2.20. The number of aromatic nitrogens is 4. The molecule has 6 heteroatoms. The third-order valence-electron chi connectivity index (χ3n) is 4.96. The Morgan fingerprint density at radius 2 is 1.96 bits per heavy atom. The van der Waals surface area contributed by atoms with E-state index < -0.39 is 0 Å². The minimum Gasteiger partial charge on any atom is -0.474 e. The van der Waals surface area contributed by atoms with Crippen LogP contribution in [0.15, 0.2) is 48.9 Å². The molecule has 4 rings (SSSR count). The molecule has 0 unspecified atom stereocenters. The van der Waals surface area contributed by atoms with Gasteiger partial charge in [-0.2, -0.15) is 0 Å². The van der Waals surface area contributed by atoms with Crippen LogP contribution < -0.4 is 4.74 Å². The summed E-state index contributed by atoms with van der Waals surface area (Å²) in [5.74, 6) is 2.11. The summed E-state index contributed by atoms with van der Waals surface area (Å²) < 4.78 is 8.09. The van der Waals surface area contributed by atoms with Crippen LogP contribution in [0.25, 0.3) is 5.69 Å². The Morgan fingerprint density at radius 3 is 2.69 bits per heavy atom. The number of hydrogen-bond acceptors (Lipinski definition) is 4. The van der Waals surface area contributed by atoms with Gasteiger partial charge in [0.2, 0.25) is 5.88 Å². The second-order valence-corrected chi connectivity index (χ2v) is 7.19. The van der Waals surface area contributed by atoms with Crippen LogP contribution in [0.3, 0.4) is 0 Å². The Balaban J connectivity index is 1.46. The van der Waals surface area contributed by atoms with Crippen LogP contribution in [0, 0.1) is 6.92 Å². The van der Waals surface area contributed by atoms with Crippen LogP contribution in [0.1, 0.15) is 43.0 Å². The average molecular weight is 369 g/mol. The summed E-state index contributed by atoms with van der Waals surface area (Å²) in [6.07, 6.45) is 7.82. The van der Waals surface area contributed by atoms with E-state index in [-0.39, 0.29) is 6.10 Å². The van der Waals surface area contributed by atoms with Gasteiger partial charge in [-0.3, -0.25) is 4.57 Å². The van der Waals surface area contributed by atoms with E-state index in [0.29, 0.717) is 11.8 Å². The van der Waals surface area contributed by atoms with E-state index in [0.717, 1.165) is 47.8 Å². The van der Waals surface area contributed by atoms with E-state index in [9.17, 15) is 0 Å². The molecule has 1 fully saturated rings. The van der Waals surface area contributed by atoms with Crippen molar-refractivity contribution >= 4 is 11.6 Å². The van der Waals surface area contributed by atoms with Gasteiger partial charge >= 0.3 is 0 Å². The van der Waals surface area contributed by atoms with Gasteiger partial charge in [0.05, 0.1) is 5.69 Å². The van der Waals surface area contributed by atoms with Crippen molar-refractivity contribution in [1.29, 1.82) is 0 Å². The van der Waals surface area contributed by atoms with Crippen LogP contribution in [-0.2, 0) is 0 Å². The monoisotopic (exact) mass is 368 g/mol. The van der Waals surface area contributed by atoms with Crippen molar-refractivity contribution < 1.29 is 4.74 Å². The molecule has 134 valence electrons. The molecular formula is C20H21ClN4O. The summed E-state index contributed by atoms with van der Waals surface area (Å²) in [4.78, 5) is 4.25. The van der Waals surface area contributed by atoms with Gasteiger partial charge in [-0.15, -0.1) is 10.2 Å². The molecule has 0 bridgehead atoms. The van der Waals surface area contributed by atoms with Crippen molar-refractivity contribution in [2.24, 2.45) is 0 Å². The Labute approximate surface area is 158 Å². The number of ether oxygens (including phenoxy) is 1. The standard InChI is InChI=1S/C20H21ClN4O/c1-14-12-16(21)7-10-18(14)25-13-23-24-20(25)15-5-8-17(9-6-15)26-19-4-2-3-11-22-19/h2-4,7,10-13,15,17H,5-6,8-9H2,1H3. The lowest BCUT2D eigenvalue weighted by atomic mass is 9.86. The van der Waals surface area contributed by atoms with E-state index in [1.165, 1.54) is 0 Å². The van der Waals surface area contributed by atoms with Crippen LogP contribution in [-0.4, -0.2) is 25.9 Å². The molecule has 3 aromatic rings. The van der Waals surface area contributed by atoms with Crippen molar-refractivity contribution in [1.82, 2.24) is 19.7 Å². The molecule has 5 nitrogen and oxygen atoms in total. The minimum atomic E-state index is 0.217. The Bertz CT molecular complexity index is 873. The summed E-state index contributed by atoms with van der Waals surface area (Å²) in [6.45, 7) is 2.06. The molecule has 0 spiro atoms. The molecule has 1 aliphatic carbocycles. The zero-order valence-corrected chi connectivity index (χ0v) is 15.4. The van der Waals surface area contributed by atoms with Crippen molar-refractivity contribution in [3.05, 3.63) is 65.3 Å². The first-order valence-corrected chi connectivity index (χ1v) is 9.32. The molecule has 2 aromatic heterocycles. The first-order valence-electron chi connectivity index (χ1n) is 8.95. The summed E-state index contributed by atoms with van der Waals surface area (Å²) in [6, 6.07) is 11.7. The maximum absolute atomic E-state index is 6.09. The molecule has 1 saturated carbocycles. The van der Waals surface area contributed by atoms with Gasteiger partial charge in [0, 0.05) is 23.2 Å². The van der Waals surface area contributed by atoms with Crippen LogP contribution in [0.2, 0.25) is 5.02 Å². The maximum Gasteiger partial charge on any atom is 0.213 e. The number of halogens is 1. The van der Waals surface area contributed by atoms with Crippen molar-refractivity contribution in [2.45, 2.75) is 44.6 Å². The summed E-state index contributed by atoms with van der Waals surface area (Å²) in [5, 5.41) is 9.32. The van der Waals surface area contributed by atoms with Crippen LogP contribution >= 0.6 is 11.6 Å². The molecule has 0 radical (unpaired) electrons. The summed E-state index contributed by atoms with van der Waals surface area (Å²) >= 11 is 6.09. The van der Waals surface area contributed by atoms with E-state index in [4.69, 9.17) is 16.3 Å². The normalized spacial score (nSPS) is 20.1. The van der Waals surface area contributed by atoms with Crippen molar-refractivity contribution in [3.8, 4) is 11.6 Å². The lowest BCUT2D eigenvalue weighted by Crippen LogP contribution is -2.25. The van der Waals surface area contributed by atoms with Gasteiger partial charge in [0.1, 0.15) is 18.3 Å². The van der Waals surface area contributed by atoms with Gasteiger partial charge in [0.25, 0.3) is 0 Å². The van der Waals surface area contributed by atoms with Gasteiger partial charge < -0.3 is 4.74 Å². The highest BCUT2D eigenvalue weighted by Crippen LogP contribution is 2.34. The van der Waals surface area contributed by atoms with Crippen LogP contribution in [0.4, 0.5) is 0 Å². The fraction of sp³-hybridized carbons (Fsp3) is 0.350. The highest BCUT2D eigenvalue weighted by Gasteiger charge is 2.27. The molecular weight excluding hydrogens is 348 g/mol. The van der Waals surface area contributed by atoms with E-state index in [2.05, 4.69) is 26.7 Å². The third kappa shape index (κ3) is 3.58. The Kier molecular flexibility index (Phi) is 4.89.